The Morgan fingerprint density at radius 1 is 1.47 bits per heavy atom. The standard InChI is InChI=1S/C15H19ClN2O/c1-11(12-7-9-19-10-12)18-14-5-3-2-4-13(14)17-15(18)6-8-16/h2-5,11-12H,6-10H2,1H3. The first kappa shape index (κ1) is 12.9. The second-order valence-corrected chi connectivity index (χ2v) is 5.57. The number of benzene rings is 1. The molecule has 2 aromatic rings. The Morgan fingerprint density at radius 3 is 3.05 bits per heavy atom. The van der Waals surface area contributed by atoms with Gasteiger partial charge in [-0.15, -0.1) is 11.6 Å². The highest BCUT2D eigenvalue weighted by Crippen LogP contribution is 2.30. The first-order chi connectivity index (χ1) is 9.31. The molecule has 3 rings (SSSR count). The maximum absolute atomic E-state index is 5.92. The first-order valence-corrected chi connectivity index (χ1v) is 7.44. The van der Waals surface area contributed by atoms with Crippen molar-refractivity contribution < 1.29 is 4.74 Å². The molecule has 1 aromatic heterocycles. The topological polar surface area (TPSA) is 27.1 Å². The lowest BCUT2D eigenvalue weighted by Crippen LogP contribution is -2.19. The van der Waals surface area contributed by atoms with Crippen LogP contribution in [0.15, 0.2) is 24.3 Å². The smallest absolute Gasteiger partial charge is 0.111 e. The Bertz CT molecular complexity index is 560. The molecule has 2 heterocycles. The van der Waals surface area contributed by atoms with E-state index >= 15 is 0 Å². The van der Waals surface area contributed by atoms with E-state index in [0.29, 0.717) is 17.8 Å². The van der Waals surface area contributed by atoms with Crippen LogP contribution in [-0.4, -0.2) is 28.6 Å². The molecular formula is C15H19ClN2O. The maximum Gasteiger partial charge on any atom is 0.111 e. The van der Waals surface area contributed by atoms with Crippen LogP contribution in [0, 0.1) is 5.92 Å². The zero-order valence-corrected chi connectivity index (χ0v) is 11.9. The molecule has 1 aliphatic heterocycles. The number of imidazole rings is 1. The molecule has 1 aromatic carbocycles. The fourth-order valence-corrected chi connectivity index (χ4v) is 3.12. The van der Waals surface area contributed by atoms with Gasteiger partial charge in [-0.1, -0.05) is 12.1 Å². The van der Waals surface area contributed by atoms with E-state index in [4.69, 9.17) is 21.3 Å². The van der Waals surface area contributed by atoms with Gasteiger partial charge in [0.2, 0.25) is 0 Å². The van der Waals surface area contributed by atoms with Gasteiger partial charge < -0.3 is 9.30 Å². The molecule has 0 aliphatic carbocycles. The monoisotopic (exact) mass is 278 g/mol. The summed E-state index contributed by atoms with van der Waals surface area (Å²) in [5, 5.41) is 0. The van der Waals surface area contributed by atoms with Crippen molar-refractivity contribution >= 4 is 22.6 Å². The lowest BCUT2D eigenvalue weighted by Gasteiger charge is -2.22. The molecule has 0 amide bonds. The van der Waals surface area contributed by atoms with E-state index in [1.165, 1.54) is 5.52 Å². The minimum absolute atomic E-state index is 0.410. The van der Waals surface area contributed by atoms with Gasteiger partial charge in [-0.2, -0.15) is 0 Å². The van der Waals surface area contributed by atoms with E-state index in [2.05, 4.69) is 29.7 Å². The van der Waals surface area contributed by atoms with Gasteiger partial charge in [-0.3, -0.25) is 0 Å². The van der Waals surface area contributed by atoms with Crippen LogP contribution in [0.3, 0.4) is 0 Å². The number of ether oxygens (including phenoxy) is 1. The van der Waals surface area contributed by atoms with Gasteiger partial charge in [0.15, 0.2) is 0 Å². The van der Waals surface area contributed by atoms with E-state index in [0.717, 1.165) is 37.4 Å². The molecule has 19 heavy (non-hydrogen) atoms. The van der Waals surface area contributed by atoms with Crippen molar-refractivity contribution in [3.63, 3.8) is 0 Å². The number of hydrogen-bond donors (Lipinski definition) is 0. The summed E-state index contributed by atoms with van der Waals surface area (Å²) in [7, 11) is 0. The van der Waals surface area contributed by atoms with Gasteiger partial charge in [-0.05, 0) is 25.5 Å². The average Bonchev–Trinajstić information content (AvgIpc) is 3.06. The molecule has 0 saturated carbocycles. The number of nitrogens with zero attached hydrogens (tertiary/aromatic N) is 2. The fourth-order valence-electron chi connectivity index (χ4n) is 2.95. The third kappa shape index (κ3) is 2.37. The number of alkyl halides is 1. The van der Waals surface area contributed by atoms with Crippen molar-refractivity contribution in [2.75, 3.05) is 19.1 Å². The first-order valence-electron chi connectivity index (χ1n) is 6.91. The van der Waals surface area contributed by atoms with E-state index in [1.54, 1.807) is 0 Å². The van der Waals surface area contributed by atoms with E-state index in [-0.39, 0.29) is 0 Å². The summed E-state index contributed by atoms with van der Waals surface area (Å²) in [6.45, 7) is 4.01. The zero-order chi connectivity index (χ0) is 13.2. The zero-order valence-electron chi connectivity index (χ0n) is 11.2. The molecule has 0 bridgehead atoms. The van der Waals surface area contributed by atoms with Crippen LogP contribution < -0.4 is 0 Å². The van der Waals surface area contributed by atoms with Gasteiger partial charge in [-0.25, -0.2) is 4.98 Å². The highest BCUT2D eigenvalue weighted by atomic mass is 35.5. The van der Waals surface area contributed by atoms with Gasteiger partial charge in [0.05, 0.1) is 17.6 Å². The van der Waals surface area contributed by atoms with E-state index in [1.807, 2.05) is 6.07 Å². The molecule has 1 saturated heterocycles. The lowest BCUT2D eigenvalue weighted by atomic mass is 10.00. The van der Waals surface area contributed by atoms with E-state index in [9.17, 15) is 0 Å². The summed E-state index contributed by atoms with van der Waals surface area (Å²) in [5.41, 5.74) is 2.27. The Hall–Kier alpha value is -1.06. The lowest BCUT2D eigenvalue weighted by molar-refractivity contribution is 0.175. The molecule has 102 valence electrons. The molecule has 1 aliphatic rings. The largest absolute Gasteiger partial charge is 0.381 e. The van der Waals surface area contributed by atoms with Crippen molar-refractivity contribution in [2.24, 2.45) is 5.92 Å². The summed E-state index contributed by atoms with van der Waals surface area (Å²) in [5.74, 6) is 2.28. The van der Waals surface area contributed by atoms with Crippen molar-refractivity contribution in [3.8, 4) is 0 Å². The molecule has 0 radical (unpaired) electrons. The van der Waals surface area contributed by atoms with Gasteiger partial charge >= 0.3 is 0 Å². The van der Waals surface area contributed by atoms with Crippen LogP contribution in [0.5, 0.6) is 0 Å². The minimum atomic E-state index is 0.410. The van der Waals surface area contributed by atoms with Crippen molar-refractivity contribution in [1.29, 1.82) is 0 Å². The van der Waals surface area contributed by atoms with Crippen LogP contribution in [0.1, 0.15) is 25.2 Å². The predicted molar refractivity (Wildman–Crippen MR) is 77.8 cm³/mol. The number of rotatable bonds is 4. The van der Waals surface area contributed by atoms with Gasteiger partial charge in [0.25, 0.3) is 0 Å². The summed E-state index contributed by atoms with van der Waals surface area (Å²) < 4.78 is 7.89. The second kappa shape index (κ2) is 5.51. The second-order valence-electron chi connectivity index (χ2n) is 5.19. The summed E-state index contributed by atoms with van der Waals surface area (Å²) in [4.78, 5) is 4.73. The summed E-state index contributed by atoms with van der Waals surface area (Å²) in [6.07, 6.45) is 1.95. The van der Waals surface area contributed by atoms with Crippen LogP contribution in [0.25, 0.3) is 11.0 Å². The highest BCUT2D eigenvalue weighted by Gasteiger charge is 2.26. The quantitative estimate of drug-likeness (QED) is 0.802. The molecular weight excluding hydrogens is 260 g/mol. The maximum atomic E-state index is 5.92. The molecule has 2 atom stereocenters. The van der Waals surface area contributed by atoms with Crippen molar-refractivity contribution in [2.45, 2.75) is 25.8 Å². The molecule has 0 spiro atoms. The van der Waals surface area contributed by atoms with Gasteiger partial charge in [0.1, 0.15) is 5.82 Å². The third-order valence-corrected chi connectivity index (χ3v) is 4.23. The number of para-hydroxylation sites is 2. The molecule has 1 fully saturated rings. The van der Waals surface area contributed by atoms with Crippen molar-refractivity contribution in [3.05, 3.63) is 30.1 Å². The van der Waals surface area contributed by atoms with Crippen molar-refractivity contribution in [1.82, 2.24) is 9.55 Å². The van der Waals surface area contributed by atoms with Crippen LogP contribution in [-0.2, 0) is 11.2 Å². The predicted octanol–water partition coefficient (Wildman–Crippen LogP) is 3.42. The Balaban J connectivity index is 2.05. The number of aryl methyl sites for hydroxylation is 1. The Morgan fingerprint density at radius 2 is 2.32 bits per heavy atom. The average molecular weight is 279 g/mol. The van der Waals surface area contributed by atoms with Gasteiger partial charge in [0, 0.05) is 30.9 Å². The number of hydrogen-bond acceptors (Lipinski definition) is 2. The molecule has 0 N–H and O–H groups in total. The highest BCUT2D eigenvalue weighted by molar-refractivity contribution is 6.17. The fraction of sp³-hybridized carbons (Fsp3) is 0.533. The number of fused-ring (bicyclic) bond motifs is 1. The Kier molecular flexibility index (Phi) is 3.76. The minimum Gasteiger partial charge on any atom is -0.381 e. The summed E-state index contributed by atoms with van der Waals surface area (Å²) >= 11 is 5.92. The SMILES string of the molecule is CC(C1CCOC1)n1c(CCCl)nc2ccccc21. The molecule has 2 unspecified atom stereocenters. The van der Waals surface area contributed by atoms with Crippen LogP contribution >= 0.6 is 11.6 Å². The van der Waals surface area contributed by atoms with Crippen LogP contribution in [0.4, 0.5) is 0 Å². The molecule has 4 heteroatoms. The number of aromatic nitrogens is 2. The van der Waals surface area contributed by atoms with E-state index < -0.39 is 0 Å². The Labute approximate surface area is 118 Å². The summed E-state index contributed by atoms with van der Waals surface area (Å²) in [6, 6.07) is 8.73. The van der Waals surface area contributed by atoms with Crippen LogP contribution in [0.2, 0.25) is 0 Å². The number of halogens is 1. The molecule has 3 nitrogen and oxygen atoms in total. The normalized spacial score (nSPS) is 21.1. The third-order valence-electron chi connectivity index (χ3n) is 4.04.